The second kappa shape index (κ2) is 7.62. The summed E-state index contributed by atoms with van der Waals surface area (Å²) in [5.41, 5.74) is 2.94. The number of aromatic nitrogens is 5. The Balaban J connectivity index is 1.39. The van der Waals surface area contributed by atoms with E-state index < -0.39 is 0 Å². The molecule has 0 saturated carbocycles. The smallest absolute Gasteiger partial charge is 0.228 e. The van der Waals surface area contributed by atoms with E-state index in [-0.39, 0.29) is 0 Å². The van der Waals surface area contributed by atoms with Crippen molar-refractivity contribution in [3.63, 3.8) is 0 Å². The Morgan fingerprint density at radius 2 is 2.04 bits per heavy atom. The molecule has 1 N–H and O–H groups in total. The molecular formula is C17H19N7S. The van der Waals surface area contributed by atoms with E-state index in [4.69, 9.17) is 0 Å². The number of nitrogens with zero attached hydrogens (tertiary/aromatic N) is 6. The molecule has 25 heavy (non-hydrogen) atoms. The standard InChI is InChI=1S/C17H19N7S/c1-3-13(10-24(6-1)11-14-7-18-12-25-14)15-8-22-16(9-21-15)23-17-19-4-2-5-20-17/h2,4-5,7-9,12-13H,1,3,6,10-11H2,(H,19,20,22,23). The van der Waals surface area contributed by atoms with Crippen LogP contribution in [-0.4, -0.2) is 42.9 Å². The Bertz CT molecular complexity index is 777. The van der Waals surface area contributed by atoms with Gasteiger partial charge in [0.15, 0.2) is 5.82 Å². The lowest BCUT2D eigenvalue weighted by Gasteiger charge is -2.31. The van der Waals surface area contributed by atoms with Crippen LogP contribution in [0.4, 0.5) is 11.8 Å². The highest BCUT2D eigenvalue weighted by atomic mass is 32.1. The molecule has 0 aliphatic carbocycles. The Morgan fingerprint density at radius 1 is 1.12 bits per heavy atom. The van der Waals surface area contributed by atoms with Crippen LogP contribution in [0.15, 0.2) is 42.6 Å². The minimum Gasteiger partial charge on any atom is -0.307 e. The quantitative estimate of drug-likeness (QED) is 0.755. The van der Waals surface area contributed by atoms with Crippen molar-refractivity contribution in [2.45, 2.75) is 25.3 Å². The van der Waals surface area contributed by atoms with Gasteiger partial charge >= 0.3 is 0 Å². The SMILES string of the molecule is c1cnc(Nc2cnc(C3CCCN(Cc4cncs4)C3)cn2)nc1. The second-order valence-electron chi connectivity index (χ2n) is 6.07. The van der Waals surface area contributed by atoms with E-state index in [0.29, 0.717) is 17.7 Å². The van der Waals surface area contributed by atoms with Crippen LogP contribution in [0.3, 0.4) is 0 Å². The third-order valence-electron chi connectivity index (χ3n) is 4.26. The van der Waals surface area contributed by atoms with Gasteiger partial charge in [0, 0.05) is 42.5 Å². The molecule has 0 bridgehead atoms. The van der Waals surface area contributed by atoms with Crippen LogP contribution < -0.4 is 5.32 Å². The molecule has 1 atom stereocenters. The number of hydrogen-bond donors (Lipinski definition) is 1. The van der Waals surface area contributed by atoms with E-state index >= 15 is 0 Å². The molecule has 1 aliphatic rings. The summed E-state index contributed by atoms with van der Waals surface area (Å²) in [6, 6.07) is 1.78. The van der Waals surface area contributed by atoms with E-state index in [9.17, 15) is 0 Å². The number of nitrogens with one attached hydrogen (secondary N) is 1. The fraction of sp³-hybridized carbons (Fsp3) is 0.353. The van der Waals surface area contributed by atoms with Crippen molar-refractivity contribution >= 4 is 23.1 Å². The van der Waals surface area contributed by atoms with Crippen molar-refractivity contribution in [1.29, 1.82) is 0 Å². The predicted molar refractivity (Wildman–Crippen MR) is 96.7 cm³/mol. The lowest BCUT2D eigenvalue weighted by molar-refractivity contribution is 0.200. The molecule has 0 amide bonds. The molecule has 1 unspecified atom stereocenters. The Morgan fingerprint density at radius 3 is 2.80 bits per heavy atom. The van der Waals surface area contributed by atoms with E-state index in [1.165, 1.54) is 11.3 Å². The average Bonchev–Trinajstić information content (AvgIpc) is 3.16. The largest absolute Gasteiger partial charge is 0.307 e. The highest BCUT2D eigenvalue weighted by molar-refractivity contribution is 7.09. The first-order valence-corrected chi connectivity index (χ1v) is 9.20. The van der Waals surface area contributed by atoms with Gasteiger partial charge in [-0.25, -0.2) is 15.0 Å². The third-order valence-corrected chi connectivity index (χ3v) is 5.03. The van der Waals surface area contributed by atoms with Gasteiger partial charge < -0.3 is 5.32 Å². The summed E-state index contributed by atoms with van der Waals surface area (Å²) in [5.74, 6) is 1.61. The molecule has 1 aliphatic heterocycles. The van der Waals surface area contributed by atoms with Gasteiger partial charge in [0.1, 0.15) is 0 Å². The molecule has 0 spiro atoms. The van der Waals surface area contributed by atoms with Crippen LogP contribution in [0.1, 0.15) is 29.3 Å². The van der Waals surface area contributed by atoms with E-state index in [2.05, 4.69) is 35.1 Å². The van der Waals surface area contributed by atoms with Crippen molar-refractivity contribution in [2.24, 2.45) is 0 Å². The van der Waals surface area contributed by atoms with Crippen LogP contribution in [0.2, 0.25) is 0 Å². The van der Waals surface area contributed by atoms with Gasteiger partial charge in [-0.15, -0.1) is 11.3 Å². The molecule has 7 nitrogen and oxygen atoms in total. The Labute approximate surface area is 150 Å². The van der Waals surface area contributed by atoms with Gasteiger partial charge in [-0.05, 0) is 25.5 Å². The van der Waals surface area contributed by atoms with Gasteiger partial charge in [-0.2, -0.15) is 0 Å². The summed E-state index contributed by atoms with van der Waals surface area (Å²) in [5, 5.41) is 3.06. The number of hydrogen-bond acceptors (Lipinski definition) is 8. The van der Waals surface area contributed by atoms with Crippen molar-refractivity contribution < 1.29 is 0 Å². The molecular weight excluding hydrogens is 334 g/mol. The zero-order valence-corrected chi connectivity index (χ0v) is 14.6. The topological polar surface area (TPSA) is 79.7 Å². The molecule has 0 radical (unpaired) electrons. The lowest BCUT2D eigenvalue weighted by atomic mass is 9.95. The highest BCUT2D eigenvalue weighted by Crippen LogP contribution is 2.27. The van der Waals surface area contributed by atoms with Gasteiger partial charge in [-0.1, -0.05) is 0 Å². The van der Waals surface area contributed by atoms with Crippen molar-refractivity contribution in [3.8, 4) is 0 Å². The summed E-state index contributed by atoms with van der Waals surface area (Å²) in [6.45, 7) is 3.12. The van der Waals surface area contributed by atoms with Gasteiger partial charge in [0.2, 0.25) is 5.95 Å². The maximum absolute atomic E-state index is 4.61. The van der Waals surface area contributed by atoms with Crippen LogP contribution in [0, 0.1) is 0 Å². The van der Waals surface area contributed by atoms with Crippen LogP contribution >= 0.6 is 11.3 Å². The average molecular weight is 353 g/mol. The molecule has 3 aromatic rings. The minimum absolute atomic E-state index is 0.427. The number of anilines is 2. The summed E-state index contributed by atoms with van der Waals surface area (Å²) in [4.78, 5) is 25.3. The normalized spacial score (nSPS) is 18.2. The molecule has 1 fully saturated rings. The minimum atomic E-state index is 0.427. The zero-order valence-electron chi connectivity index (χ0n) is 13.7. The third kappa shape index (κ3) is 4.15. The molecule has 128 valence electrons. The summed E-state index contributed by atoms with van der Waals surface area (Å²) in [6.07, 6.45) is 11.3. The number of piperidine rings is 1. The van der Waals surface area contributed by atoms with Crippen molar-refractivity contribution in [2.75, 3.05) is 18.4 Å². The predicted octanol–water partition coefficient (Wildman–Crippen LogP) is 2.85. The van der Waals surface area contributed by atoms with Crippen molar-refractivity contribution in [1.82, 2.24) is 29.8 Å². The lowest BCUT2D eigenvalue weighted by Crippen LogP contribution is -2.34. The first-order chi connectivity index (χ1) is 12.4. The number of rotatable bonds is 5. The summed E-state index contributed by atoms with van der Waals surface area (Å²) >= 11 is 1.72. The number of likely N-dealkylation sites (tertiary alicyclic amines) is 1. The molecule has 3 aromatic heterocycles. The fourth-order valence-corrected chi connectivity index (χ4v) is 3.71. The van der Waals surface area contributed by atoms with E-state index in [1.54, 1.807) is 36.0 Å². The van der Waals surface area contributed by atoms with Gasteiger partial charge in [0.25, 0.3) is 0 Å². The molecule has 4 heterocycles. The molecule has 8 heteroatoms. The second-order valence-corrected chi connectivity index (χ2v) is 7.04. The molecule has 1 saturated heterocycles. The first kappa shape index (κ1) is 16.0. The zero-order chi connectivity index (χ0) is 16.9. The maximum atomic E-state index is 4.61. The van der Waals surface area contributed by atoms with Gasteiger partial charge in [-0.3, -0.25) is 14.9 Å². The van der Waals surface area contributed by atoms with Crippen molar-refractivity contribution in [3.05, 3.63) is 53.1 Å². The van der Waals surface area contributed by atoms with Crippen LogP contribution in [0.5, 0.6) is 0 Å². The molecule has 0 aromatic carbocycles. The molecule has 4 rings (SSSR count). The van der Waals surface area contributed by atoms with E-state index in [1.807, 2.05) is 17.9 Å². The maximum Gasteiger partial charge on any atom is 0.228 e. The van der Waals surface area contributed by atoms with Crippen LogP contribution in [0.25, 0.3) is 0 Å². The van der Waals surface area contributed by atoms with E-state index in [0.717, 1.165) is 31.7 Å². The summed E-state index contributed by atoms with van der Waals surface area (Å²) < 4.78 is 0. The van der Waals surface area contributed by atoms with Crippen LogP contribution in [-0.2, 0) is 6.54 Å². The Hall–Kier alpha value is -2.45. The monoisotopic (exact) mass is 353 g/mol. The summed E-state index contributed by atoms with van der Waals surface area (Å²) in [7, 11) is 0. The first-order valence-electron chi connectivity index (χ1n) is 8.32. The Kier molecular flexibility index (Phi) is 4.89. The number of thiazole rings is 1. The van der Waals surface area contributed by atoms with Gasteiger partial charge in [0.05, 0.1) is 23.6 Å². The highest BCUT2D eigenvalue weighted by Gasteiger charge is 2.23. The fourth-order valence-electron chi connectivity index (χ4n) is 3.07.